The van der Waals surface area contributed by atoms with Gasteiger partial charge in [0.2, 0.25) is 5.91 Å². The standard InChI is InChI=1S/C20H23ClN2O2/c21-18-8-4-3-7-15(18)11-17-12-22-19(25-17)16-9-10-23(13-16)20(24)14-5-1-2-6-14/h3-4,7-8,12,14,16H,1-2,5-6,9-11,13H2. The molecule has 1 unspecified atom stereocenters. The number of aromatic nitrogens is 1. The predicted molar refractivity (Wildman–Crippen MR) is 96.7 cm³/mol. The predicted octanol–water partition coefficient (Wildman–Crippen LogP) is 4.42. The summed E-state index contributed by atoms with van der Waals surface area (Å²) >= 11 is 6.22. The molecule has 1 aromatic carbocycles. The highest BCUT2D eigenvalue weighted by Crippen LogP contribution is 2.32. The number of hydrogen-bond acceptors (Lipinski definition) is 3. The lowest BCUT2D eigenvalue weighted by molar-refractivity contribution is -0.134. The first-order valence-corrected chi connectivity index (χ1v) is 9.55. The van der Waals surface area contributed by atoms with E-state index in [9.17, 15) is 4.79 Å². The van der Waals surface area contributed by atoms with Crippen LogP contribution in [0, 0.1) is 5.92 Å². The molecule has 4 rings (SSSR count). The fourth-order valence-corrected chi connectivity index (χ4v) is 4.22. The van der Waals surface area contributed by atoms with E-state index in [2.05, 4.69) is 4.98 Å². The van der Waals surface area contributed by atoms with Crippen molar-refractivity contribution in [3.8, 4) is 0 Å². The van der Waals surface area contributed by atoms with Crippen molar-refractivity contribution in [2.45, 2.75) is 44.4 Å². The largest absolute Gasteiger partial charge is 0.445 e. The van der Waals surface area contributed by atoms with E-state index in [0.717, 1.165) is 54.6 Å². The molecule has 25 heavy (non-hydrogen) atoms. The van der Waals surface area contributed by atoms with Gasteiger partial charge in [-0.25, -0.2) is 4.98 Å². The number of oxazole rings is 1. The zero-order chi connectivity index (χ0) is 17.2. The van der Waals surface area contributed by atoms with Crippen molar-refractivity contribution in [2.24, 2.45) is 5.92 Å². The molecule has 0 spiro atoms. The number of likely N-dealkylation sites (tertiary alicyclic amines) is 1. The second-order valence-corrected chi connectivity index (χ2v) is 7.59. The lowest BCUT2D eigenvalue weighted by atomic mass is 10.1. The topological polar surface area (TPSA) is 46.3 Å². The van der Waals surface area contributed by atoms with Crippen LogP contribution in [0.25, 0.3) is 0 Å². The highest BCUT2D eigenvalue weighted by atomic mass is 35.5. The molecule has 1 saturated heterocycles. The van der Waals surface area contributed by atoms with E-state index in [0.29, 0.717) is 12.3 Å². The molecule has 1 amide bonds. The number of halogens is 1. The first kappa shape index (κ1) is 16.6. The molecule has 2 aliphatic rings. The molecule has 4 nitrogen and oxygen atoms in total. The van der Waals surface area contributed by atoms with Crippen molar-refractivity contribution in [1.82, 2.24) is 9.88 Å². The maximum absolute atomic E-state index is 12.6. The third-order valence-corrected chi connectivity index (χ3v) is 5.82. The van der Waals surface area contributed by atoms with Crippen LogP contribution in [0.2, 0.25) is 5.02 Å². The van der Waals surface area contributed by atoms with Crippen LogP contribution in [0.5, 0.6) is 0 Å². The Morgan fingerprint density at radius 1 is 1.24 bits per heavy atom. The van der Waals surface area contributed by atoms with Gasteiger partial charge in [0.1, 0.15) is 5.76 Å². The van der Waals surface area contributed by atoms with Crippen LogP contribution in [0.4, 0.5) is 0 Å². The SMILES string of the molecule is O=C(C1CCCC1)N1CCC(c2ncc(Cc3ccccc3Cl)o2)C1. The molecule has 2 heterocycles. The van der Waals surface area contributed by atoms with Gasteiger partial charge in [0, 0.05) is 30.5 Å². The van der Waals surface area contributed by atoms with Crippen molar-refractivity contribution in [2.75, 3.05) is 13.1 Å². The molecule has 0 radical (unpaired) electrons. The first-order valence-electron chi connectivity index (χ1n) is 9.17. The average Bonchev–Trinajstić information content (AvgIpc) is 3.37. The summed E-state index contributed by atoms with van der Waals surface area (Å²) in [4.78, 5) is 19.0. The fraction of sp³-hybridized carbons (Fsp3) is 0.500. The lowest BCUT2D eigenvalue weighted by Gasteiger charge is -2.20. The summed E-state index contributed by atoms with van der Waals surface area (Å²) in [5, 5.41) is 0.745. The second-order valence-electron chi connectivity index (χ2n) is 7.18. The van der Waals surface area contributed by atoms with Crippen molar-refractivity contribution < 1.29 is 9.21 Å². The number of hydrogen-bond donors (Lipinski definition) is 0. The van der Waals surface area contributed by atoms with Crippen molar-refractivity contribution in [3.05, 3.63) is 52.7 Å². The van der Waals surface area contributed by atoms with E-state index < -0.39 is 0 Å². The molecule has 2 aromatic rings. The summed E-state index contributed by atoms with van der Waals surface area (Å²) in [5.74, 6) is 2.37. The minimum absolute atomic E-state index is 0.213. The number of carbonyl (C=O) groups is 1. The maximum Gasteiger partial charge on any atom is 0.225 e. The van der Waals surface area contributed by atoms with Crippen molar-refractivity contribution in [3.63, 3.8) is 0 Å². The summed E-state index contributed by atoms with van der Waals surface area (Å²) in [6.45, 7) is 1.56. The molecule has 1 aliphatic carbocycles. The van der Waals surface area contributed by atoms with Crippen LogP contribution < -0.4 is 0 Å². The van der Waals surface area contributed by atoms with Crippen LogP contribution in [0.3, 0.4) is 0 Å². The van der Waals surface area contributed by atoms with E-state index in [4.69, 9.17) is 16.0 Å². The van der Waals surface area contributed by atoms with Crippen LogP contribution >= 0.6 is 11.6 Å². The molecule has 1 atom stereocenters. The van der Waals surface area contributed by atoms with Gasteiger partial charge in [0.05, 0.1) is 12.1 Å². The summed E-state index contributed by atoms with van der Waals surface area (Å²) in [5.41, 5.74) is 1.04. The fourth-order valence-electron chi connectivity index (χ4n) is 4.02. The Balaban J connectivity index is 1.39. The minimum Gasteiger partial charge on any atom is -0.445 e. The lowest BCUT2D eigenvalue weighted by Crippen LogP contribution is -2.33. The van der Waals surface area contributed by atoms with Crippen LogP contribution in [0.15, 0.2) is 34.9 Å². The Bertz CT molecular complexity index is 752. The molecule has 5 heteroatoms. The van der Waals surface area contributed by atoms with E-state index in [1.807, 2.05) is 29.2 Å². The summed E-state index contributed by atoms with van der Waals surface area (Å²) in [6, 6.07) is 7.79. The van der Waals surface area contributed by atoms with E-state index >= 15 is 0 Å². The third-order valence-electron chi connectivity index (χ3n) is 5.45. The van der Waals surface area contributed by atoms with E-state index in [-0.39, 0.29) is 11.8 Å². The number of amides is 1. The molecule has 0 bridgehead atoms. The van der Waals surface area contributed by atoms with Gasteiger partial charge in [-0.3, -0.25) is 4.79 Å². The van der Waals surface area contributed by atoms with Gasteiger partial charge < -0.3 is 9.32 Å². The van der Waals surface area contributed by atoms with Crippen LogP contribution in [0.1, 0.15) is 55.2 Å². The maximum atomic E-state index is 12.6. The van der Waals surface area contributed by atoms with Crippen LogP contribution in [-0.4, -0.2) is 28.9 Å². The Morgan fingerprint density at radius 3 is 2.84 bits per heavy atom. The Labute approximate surface area is 153 Å². The normalized spacial score (nSPS) is 21.2. The van der Waals surface area contributed by atoms with Gasteiger partial charge in [-0.1, -0.05) is 42.6 Å². The monoisotopic (exact) mass is 358 g/mol. The molecular weight excluding hydrogens is 336 g/mol. The highest BCUT2D eigenvalue weighted by molar-refractivity contribution is 6.31. The molecule has 1 aliphatic heterocycles. The van der Waals surface area contributed by atoms with Crippen molar-refractivity contribution in [1.29, 1.82) is 0 Å². The van der Waals surface area contributed by atoms with Crippen molar-refractivity contribution >= 4 is 17.5 Å². The summed E-state index contributed by atoms with van der Waals surface area (Å²) in [6.07, 6.45) is 7.87. The van der Waals surface area contributed by atoms with Gasteiger partial charge in [0.15, 0.2) is 5.89 Å². The third kappa shape index (κ3) is 3.59. The smallest absolute Gasteiger partial charge is 0.225 e. The van der Waals surface area contributed by atoms with E-state index in [1.165, 1.54) is 12.8 Å². The van der Waals surface area contributed by atoms with Gasteiger partial charge in [-0.15, -0.1) is 0 Å². The van der Waals surface area contributed by atoms with Gasteiger partial charge in [-0.05, 0) is 30.9 Å². The number of rotatable bonds is 4. The Morgan fingerprint density at radius 2 is 2.04 bits per heavy atom. The first-order chi connectivity index (χ1) is 12.2. The quantitative estimate of drug-likeness (QED) is 0.812. The zero-order valence-corrected chi connectivity index (χ0v) is 15.0. The highest BCUT2D eigenvalue weighted by Gasteiger charge is 2.34. The van der Waals surface area contributed by atoms with Gasteiger partial charge >= 0.3 is 0 Å². The molecule has 0 N–H and O–H groups in total. The average molecular weight is 359 g/mol. The Kier molecular flexibility index (Phi) is 4.80. The van der Waals surface area contributed by atoms with E-state index in [1.54, 1.807) is 6.20 Å². The molecule has 2 fully saturated rings. The van der Waals surface area contributed by atoms with Crippen LogP contribution in [-0.2, 0) is 11.2 Å². The summed E-state index contributed by atoms with van der Waals surface area (Å²) in [7, 11) is 0. The number of nitrogens with zero attached hydrogens (tertiary/aromatic N) is 2. The molecule has 132 valence electrons. The molecular formula is C20H23ClN2O2. The van der Waals surface area contributed by atoms with Gasteiger partial charge in [-0.2, -0.15) is 0 Å². The molecule has 1 aromatic heterocycles. The van der Waals surface area contributed by atoms with Gasteiger partial charge in [0.25, 0.3) is 0 Å². The number of benzene rings is 1. The Hall–Kier alpha value is -1.81. The zero-order valence-electron chi connectivity index (χ0n) is 14.3. The minimum atomic E-state index is 0.213. The summed E-state index contributed by atoms with van der Waals surface area (Å²) < 4.78 is 5.97. The number of carbonyl (C=O) groups excluding carboxylic acids is 1. The molecule has 1 saturated carbocycles. The second kappa shape index (κ2) is 7.20.